The van der Waals surface area contributed by atoms with Gasteiger partial charge in [-0.2, -0.15) is 5.10 Å². The monoisotopic (exact) mass is 253 g/mol. The summed E-state index contributed by atoms with van der Waals surface area (Å²) in [5.74, 6) is -1.02. The highest BCUT2D eigenvalue weighted by molar-refractivity contribution is 5.93. The first kappa shape index (κ1) is 11.4. The zero-order valence-electron chi connectivity index (χ0n) is 10.2. The standard InChI is InChI=1S/C14H11N3O2/c1-9-3-5-11-10(4-6-12(16-11)14(18)19)13(9)17-8-2-7-15-17/h2-8H,1H3,(H,18,19). The average molecular weight is 253 g/mol. The molecule has 3 rings (SSSR count). The Morgan fingerprint density at radius 1 is 1.26 bits per heavy atom. The van der Waals surface area contributed by atoms with E-state index < -0.39 is 5.97 Å². The van der Waals surface area contributed by atoms with Gasteiger partial charge in [-0.1, -0.05) is 6.07 Å². The SMILES string of the molecule is Cc1ccc2nc(C(=O)O)ccc2c1-n1cccn1. The first-order valence-corrected chi connectivity index (χ1v) is 5.80. The summed E-state index contributed by atoms with van der Waals surface area (Å²) < 4.78 is 1.76. The molecule has 0 aliphatic rings. The summed E-state index contributed by atoms with van der Waals surface area (Å²) in [4.78, 5) is 15.1. The third-order valence-electron chi connectivity index (χ3n) is 3.00. The number of benzene rings is 1. The molecule has 0 spiro atoms. The summed E-state index contributed by atoms with van der Waals surface area (Å²) in [5, 5.41) is 14.1. The minimum absolute atomic E-state index is 0.0442. The van der Waals surface area contributed by atoms with E-state index in [9.17, 15) is 4.79 Å². The lowest BCUT2D eigenvalue weighted by Gasteiger charge is -2.10. The van der Waals surface area contributed by atoms with Gasteiger partial charge in [-0.25, -0.2) is 14.5 Å². The minimum atomic E-state index is -1.02. The molecule has 0 saturated carbocycles. The summed E-state index contributed by atoms with van der Waals surface area (Å²) in [6.07, 6.45) is 3.56. The summed E-state index contributed by atoms with van der Waals surface area (Å²) in [7, 11) is 0. The summed E-state index contributed by atoms with van der Waals surface area (Å²) in [6.45, 7) is 1.99. The molecular weight excluding hydrogens is 242 g/mol. The van der Waals surface area contributed by atoms with Crippen LogP contribution < -0.4 is 0 Å². The topological polar surface area (TPSA) is 68.0 Å². The molecule has 0 fully saturated rings. The van der Waals surface area contributed by atoms with E-state index in [1.807, 2.05) is 31.3 Å². The largest absolute Gasteiger partial charge is 0.477 e. The highest BCUT2D eigenvalue weighted by Gasteiger charge is 2.11. The smallest absolute Gasteiger partial charge is 0.354 e. The first-order chi connectivity index (χ1) is 9.16. The molecule has 0 saturated heterocycles. The van der Waals surface area contributed by atoms with E-state index in [2.05, 4.69) is 10.1 Å². The maximum absolute atomic E-state index is 10.9. The van der Waals surface area contributed by atoms with Crippen LogP contribution in [0.15, 0.2) is 42.7 Å². The van der Waals surface area contributed by atoms with E-state index in [4.69, 9.17) is 5.11 Å². The summed E-state index contributed by atoms with van der Waals surface area (Å²) >= 11 is 0. The predicted molar refractivity (Wildman–Crippen MR) is 70.6 cm³/mol. The molecule has 3 aromatic rings. The maximum atomic E-state index is 10.9. The van der Waals surface area contributed by atoms with Gasteiger partial charge < -0.3 is 5.11 Å². The molecule has 0 bridgehead atoms. The number of pyridine rings is 1. The number of carboxylic acids is 1. The lowest BCUT2D eigenvalue weighted by molar-refractivity contribution is 0.0691. The highest BCUT2D eigenvalue weighted by atomic mass is 16.4. The molecule has 1 N–H and O–H groups in total. The van der Waals surface area contributed by atoms with E-state index in [0.717, 1.165) is 16.6 Å². The number of carbonyl (C=O) groups is 1. The van der Waals surface area contributed by atoms with Gasteiger partial charge >= 0.3 is 5.97 Å². The van der Waals surface area contributed by atoms with Crippen molar-refractivity contribution < 1.29 is 9.90 Å². The molecule has 0 unspecified atom stereocenters. The fourth-order valence-corrected chi connectivity index (χ4v) is 2.12. The van der Waals surface area contributed by atoms with Gasteiger partial charge in [0, 0.05) is 17.8 Å². The Morgan fingerprint density at radius 2 is 2.11 bits per heavy atom. The lowest BCUT2D eigenvalue weighted by Crippen LogP contribution is -2.03. The van der Waals surface area contributed by atoms with E-state index in [1.54, 1.807) is 16.9 Å². The first-order valence-electron chi connectivity index (χ1n) is 5.80. The number of hydrogen-bond acceptors (Lipinski definition) is 3. The van der Waals surface area contributed by atoms with Gasteiger partial charge in [0.15, 0.2) is 0 Å². The van der Waals surface area contributed by atoms with Crippen molar-refractivity contribution in [3.05, 3.63) is 54.0 Å². The van der Waals surface area contributed by atoms with Gasteiger partial charge in [0.05, 0.1) is 11.2 Å². The fraction of sp³-hybridized carbons (Fsp3) is 0.0714. The van der Waals surface area contributed by atoms with Crippen molar-refractivity contribution >= 4 is 16.9 Å². The highest BCUT2D eigenvalue weighted by Crippen LogP contribution is 2.24. The van der Waals surface area contributed by atoms with Crippen LogP contribution >= 0.6 is 0 Å². The fourth-order valence-electron chi connectivity index (χ4n) is 2.12. The molecule has 1 aromatic carbocycles. The number of nitrogens with zero attached hydrogens (tertiary/aromatic N) is 3. The molecule has 2 aromatic heterocycles. The molecular formula is C14H11N3O2. The molecule has 0 atom stereocenters. The second-order valence-electron chi connectivity index (χ2n) is 4.25. The van der Waals surface area contributed by atoms with E-state index in [-0.39, 0.29) is 5.69 Å². The van der Waals surface area contributed by atoms with Crippen molar-refractivity contribution in [1.29, 1.82) is 0 Å². The Morgan fingerprint density at radius 3 is 2.79 bits per heavy atom. The van der Waals surface area contributed by atoms with Crippen LogP contribution in [0.4, 0.5) is 0 Å². The number of aromatic nitrogens is 3. The van der Waals surface area contributed by atoms with Crippen LogP contribution in [0, 0.1) is 6.92 Å². The van der Waals surface area contributed by atoms with Crippen LogP contribution in [0.25, 0.3) is 16.6 Å². The van der Waals surface area contributed by atoms with Gasteiger partial charge in [-0.3, -0.25) is 0 Å². The van der Waals surface area contributed by atoms with Crippen molar-refractivity contribution in [1.82, 2.24) is 14.8 Å². The maximum Gasteiger partial charge on any atom is 0.354 e. The minimum Gasteiger partial charge on any atom is -0.477 e. The van der Waals surface area contributed by atoms with Crippen LogP contribution in [-0.2, 0) is 0 Å². The van der Waals surface area contributed by atoms with Crippen LogP contribution in [0.3, 0.4) is 0 Å². The number of carboxylic acid groups (broad SMARTS) is 1. The molecule has 5 nitrogen and oxygen atoms in total. The number of aromatic carboxylic acids is 1. The normalized spacial score (nSPS) is 10.8. The Kier molecular flexibility index (Phi) is 2.52. The van der Waals surface area contributed by atoms with Crippen molar-refractivity contribution in [3.8, 4) is 5.69 Å². The predicted octanol–water partition coefficient (Wildman–Crippen LogP) is 2.43. The molecule has 2 heterocycles. The summed E-state index contributed by atoms with van der Waals surface area (Å²) in [6, 6.07) is 8.87. The van der Waals surface area contributed by atoms with Gasteiger partial charge in [0.25, 0.3) is 0 Å². The Balaban J connectivity index is 2.32. The van der Waals surface area contributed by atoms with Gasteiger partial charge in [-0.15, -0.1) is 0 Å². The van der Waals surface area contributed by atoms with E-state index >= 15 is 0 Å². The molecule has 94 valence electrons. The van der Waals surface area contributed by atoms with Gasteiger partial charge in [0.2, 0.25) is 0 Å². The third-order valence-corrected chi connectivity index (χ3v) is 3.00. The van der Waals surface area contributed by atoms with Gasteiger partial charge in [0.1, 0.15) is 5.69 Å². The third kappa shape index (κ3) is 1.85. The van der Waals surface area contributed by atoms with Crippen molar-refractivity contribution in [2.24, 2.45) is 0 Å². The van der Waals surface area contributed by atoms with Crippen molar-refractivity contribution in [2.75, 3.05) is 0 Å². The zero-order chi connectivity index (χ0) is 13.4. The molecule has 5 heteroatoms. The van der Waals surface area contributed by atoms with Crippen LogP contribution in [-0.4, -0.2) is 25.8 Å². The van der Waals surface area contributed by atoms with Crippen molar-refractivity contribution in [3.63, 3.8) is 0 Å². The van der Waals surface area contributed by atoms with E-state index in [0.29, 0.717) is 5.52 Å². The molecule has 0 aliphatic heterocycles. The Bertz CT molecular complexity index is 764. The number of fused-ring (bicyclic) bond motifs is 1. The molecule has 0 amide bonds. The van der Waals surface area contributed by atoms with E-state index in [1.165, 1.54) is 6.07 Å². The van der Waals surface area contributed by atoms with Gasteiger partial charge in [-0.05, 0) is 36.8 Å². The van der Waals surface area contributed by atoms with Crippen LogP contribution in [0.1, 0.15) is 16.1 Å². The van der Waals surface area contributed by atoms with Crippen LogP contribution in [0.5, 0.6) is 0 Å². The average Bonchev–Trinajstić information content (AvgIpc) is 2.91. The number of aryl methyl sites for hydroxylation is 1. The molecule has 19 heavy (non-hydrogen) atoms. The van der Waals surface area contributed by atoms with Crippen molar-refractivity contribution in [2.45, 2.75) is 6.92 Å². The number of hydrogen-bond donors (Lipinski definition) is 1. The quantitative estimate of drug-likeness (QED) is 0.761. The Hall–Kier alpha value is -2.69. The summed E-state index contributed by atoms with van der Waals surface area (Å²) in [5.41, 5.74) is 2.67. The Labute approximate surface area is 109 Å². The number of rotatable bonds is 2. The lowest BCUT2D eigenvalue weighted by atomic mass is 10.1. The zero-order valence-corrected chi connectivity index (χ0v) is 10.2. The molecule has 0 radical (unpaired) electrons. The second kappa shape index (κ2) is 4.20. The molecule has 0 aliphatic carbocycles. The van der Waals surface area contributed by atoms with Crippen LogP contribution in [0.2, 0.25) is 0 Å². The second-order valence-corrected chi connectivity index (χ2v) is 4.25.